The maximum atomic E-state index is 12.0. The summed E-state index contributed by atoms with van der Waals surface area (Å²) in [5.41, 5.74) is 0.921. The molecule has 1 aliphatic heterocycles. The summed E-state index contributed by atoms with van der Waals surface area (Å²) < 4.78 is 11.8. The van der Waals surface area contributed by atoms with E-state index in [2.05, 4.69) is 4.90 Å². The summed E-state index contributed by atoms with van der Waals surface area (Å²) in [4.78, 5) is 14.4. The van der Waals surface area contributed by atoms with Gasteiger partial charge in [0.2, 0.25) is 0 Å². The van der Waals surface area contributed by atoms with Crippen LogP contribution < -0.4 is 9.47 Å². The van der Waals surface area contributed by atoms with Gasteiger partial charge < -0.3 is 9.47 Å². The predicted octanol–water partition coefficient (Wildman–Crippen LogP) is 4.17. The summed E-state index contributed by atoms with van der Waals surface area (Å²) in [6.45, 7) is 5.32. The van der Waals surface area contributed by atoms with E-state index in [9.17, 15) is 4.79 Å². The molecular weight excluding hydrogens is 326 g/mol. The molecule has 4 heteroatoms. The van der Waals surface area contributed by atoms with E-state index in [-0.39, 0.29) is 5.78 Å². The third-order valence-corrected chi connectivity index (χ3v) is 4.38. The number of ketones is 1. The molecule has 0 saturated carbocycles. The number of Topliss-reactive ketones (excluding diaryl/α,β-unsaturated/α-hetero) is 1. The lowest BCUT2D eigenvalue weighted by Crippen LogP contribution is -2.25. The number of ether oxygens (including phenoxy) is 2. The topological polar surface area (TPSA) is 38.8 Å². The van der Waals surface area contributed by atoms with Crippen LogP contribution in [0.5, 0.6) is 11.5 Å². The number of benzene rings is 2. The molecule has 0 bridgehead atoms. The SMILES string of the molecule is CC(=O)/C(=C/c1ccccc1)Oc1ccccc1OCCN1CCCC1. The lowest BCUT2D eigenvalue weighted by Gasteiger charge is -2.17. The van der Waals surface area contributed by atoms with Crippen LogP contribution in [0.3, 0.4) is 0 Å². The zero-order chi connectivity index (χ0) is 18.2. The van der Waals surface area contributed by atoms with Crippen molar-refractivity contribution in [3.05, 3.63) is 65.9 Å². The minimum Gasteiger partial charge on any atom is -0.488 e. The van der Waals surface area contributed by atoms with E-state index in [1.807, 2.05) is 54.6 Å². The van der Waals surface area contributed by atoms with E-state index in [4.69, 9.17) is 9.47 Å². The maximum absolute atomic E-state index is 12.0. The van der Waals surface area contributed by atoms with Gasteiger partial charge in [0, 0.05) is 13.5 Å². The first kappa shape index (κ1) is 18.2. The Balaban J connectivity index is 1.69. The third kappa shape index (κ3) is 5.20. The quantitative estimate of drug-likeness (QED) is 0.528. The van der Waals surface area contributed by atoms with Gasteiger partial charge in [-0.2, -0.15) is 0 Å². The zero-order valence-electron chi connectivity index (χ0n) is 15.2. The Morgan fingerprint density at radius 1 is 1.00 bits per heavy atom. The largest absolute Gasteiger partial charge is 0.488 e. The van der Waals surface area contributed by atoms with Crippen LogP contribution in [-0.4, -0.2) is 36.9 Å². The summed E-state index contributed by atoms with van der Waals surface area (Å²) in [6, 6.07) is 17.2. The van der Waals surface area contributed by atoms with Gasteiger partial charge in [0.05, 0.1) is 0 Å². The summed E-state index contributed by atoms with van der Waals surface area (Å²) in [5.74, 6) is 1.39. The van der Waals surface area contributed by atoms with Crippen molar-refractivity contribution in [3.63, 3.8) is 0 Å². The number of nitrogens with zero attached hydrogens (tertiary/aromatic N) is 1. The molecule has 0 aromatic heterocycles. The smallest absolute Gasteiger partial charge is 0.194 e. The van der Waals surface area contributed by atoms with Crippen molar-refractivity contribution in [3.8, 4) is 11.5 Å². The molecular formula is C22H25NO3. The highest BCUT2D eigenvalue weighted by Crippen LogP contribution is 2.29. The molecule has 0 atom stereocenters. The predicted molar refractivity (Wildman–Crippen MR) is 103 cm³/mol. The van der Waals surface area contributed by atoms with Gasteiger partial charge in [-0.1, -0.05) is 42.5 Å². The molecule has 2 aromatic rings. The van der Waals surface area contributed by atoms with Gasteiger partial charge in [0.15, 0.2) is 23.0 Å². The molecule has 0 spiro atoms. The van der Waals surface area contributed by atoms with Gasteiger partial charge in [0.25, 0.3) is 0 Å². The number of hydrogen-bond acceptors (Lipinski definition) is 4. The second kappa shape index (κ2) is 9.20. The Hall–Kier alpha value is -2.59. The number of carbonyl (C=O) groups is 1. The molecule has 2 aromatic carbocycles. The van der Waals surface area contributed by atoms with Crippen LogP contribution in [0.1, 0.15) is 25.3 Å². The van der Waals surface area contributed by atoms with Crippen LogP contribution in [0.15, 0.2) is 60.4 Å². The van der Waals surface area contributed by atoms with Crippen LogP contribution >= 0.6 is 0 Å². The monoisotopic (exact) mass is 351 g/mol. The minimum atomic E-state index is -0.124. The number of rotatable bonds is 8. The van der Waals surface area contributed by atoms with Crippen LogP contribution in [0, 0.1) is 0 Å². The Bertz CT molecular complexity index is 749. The molecule has 0 aliphatic carbocycles. The Kier molecular flexibility index (Phi) is 6.45. The van der Waals surface area contributed by atoms with Gasteiger partial charge in [-0.05, 0) is 49.7 Å². The average Bonchev–Trinajstić information content (AvgIpc) is 3.17. The summed E-state index contributed by atoms with van der Waals surface area (Å²) in [5, 5.41) is 0. The molecule has 3 rings (SSSR count). The second-order valence-electron chi connectivity index (χ2n) is 6.42. The Morgan fingerprint density at radius 2 is 1.65 bits per heavy atom. The van der Waals surface area contributed by atoms with Crippen molar-refractivity contribution in [1.29, 1.82) is 0 Å². The molecule has 0 N–H and O–H groups in total. The van der Waals surface area contributed by atoms with Gasteiger partial charge in [-0.15, -0.1) is 0 Å². The van der Waals surface area contributed by atoms with E-state index in [1.54, 1.807) is 6.08 Å². The molecule has 1 fully saturated rings. The van der Waals surface area contributed by atoms with Crippen molar-refractivity contribution in [2.45, 2.75) is 19.8 Å². The summed E-state index contributed by atoms with van der Waals surface area (Å²) in [6.07, 6.45) is 4.29. The van der Waals surface area contributed by atoms with Gasteiger partial charge in [-0.3, -0.25) is 9.69 Å². The standard InChI is InChI=1S/C22H25NO3/c1-18(24)22(17-19-9-3-2-4-10-19)26-21-12-6-5-11-20(21)25-16-15-23-13-7-8-14-23/h2-6,9-12,17H,7-8,13-16H2,1H3/b22-17-. The second-order valence-corrected chi connectivity index (χ2v) is 6.42. The van der Waals surface area contributed by atoms with Crippen molar-refractivity contribution in [1.82, 2.24) is 4.90 Å². The molecule has 0 unspecified atom stereocenters. The molecule has 136 valence electrons. The molecule has 1 heterocycles. The normalized spacial score (nSPS) is 15.0. The molecule has 26 heavy (non-hydrogen) atoms. The van der Waals surface area contributed by atoms with Crippen molar-refractivity contribution < 1.29 is 14.3 Å². The average molecular weight is 351 g/mol. The first-order valence-electron chi connectivity index (χ1n) is 9.12. The van der Waals surface area contributed by atoms with Crippen molar-refractivity contribution in [2.75, 3.05) is 26.2 Å². The Morgan fingerprint density at radius 3 is 2.35 bits per heavy atom. The first-order chi connectivity index (χ1) is 12.7. The van der Waals surface area contributed by atoms with Crippen LogP contribution in [0.2, 0.25) is 0 Å². The minimum absolute atomic E-state index is 0.124. The number of hydrogen-bond donors (Lipinski definition) is 0. The first-order valence-corrected chi connectivity index (χ1v) is 9.12. The van der Waals surface area contributed by atoms with E-state index < -0.39 is 0 Å². The van der Waals surface area contributed by atoms with E-state index in [0.717, 1.165) is 25.2 Å². The number of para-hydroxylation sites is 2. The number of likely N-dealkylation sites (tertiary alicyclic amines) is 1. The fourth-order valence-corrected chi connectivity index (χ4v) is 2.97. The molecule has 1 aliphatic rings. The van der Waals surface area contributed by atoms with Gasteiger partial charge >= 0.3 is 0 Å². The van der Waals surface area contributed by atoms with Crippen LogP contribution in [-0.2, 0) is 4.79 Å². The highest BCUT2D eigenvalue weighted by molar-refractivity contribution is 5.96. The number of carbonyl (C=O) groups excluding carboxylic acids is 1. The van der Waals surface area contributed by atoms with E-state index >= 15 is 0 Å². The summed E-state index contributed by atoms with van der Waals surface area (Å²) >= 11 is 0. The van der Waals surface area contributed by atoms with Crippen LogP contribution in [0.25, 0.3) is 6.08 Å². The highest BCUT2D eigenvalue weighted by atomic mass is 16.5. The van der Waals surface area contributed by atoms with E-state index in [0.29, 0.717) is 23.9 Å². The zero-order valence-corrected chi connectivity index (χ0v) is 15.2. The molecule has 1 saturated heterocycles. The summed E-state index contributed by atoms with van der Waals surface area (Å²) in [7, 11) is 0. The van der Waals surface area contributed by atoms with Crippen molar-refractivity contribution in [2.24, 2.45) is 0 Å². The van der Waals surface area contributed by atoms with Crippen LogP contribution in [0.4, 0.5) is 0 Å². The lowest BCUT2D eigenvalue weighted by molar-refractivity contribution is -0.115. The highest BCUT2D eigenvalue weighted by Gasteiger charge is 2.13. The lowest BCUT2D eigenvalue weighted by atomic mass is 10.2. The number of allylic oxidation sites excluding steroid dienone is 1. The third-order valence-electron chi connectivity index (χ3n) is 4.38. The maximum Gasteiger partial charge on any atom is 0.194 e. The van der Waals surface area contributed by atoms with E-state index in [1.165, 1.54) is 19.8 Å². The van der Waals surface area contributed by atoms with Gasteiger partial charge in [-0.25, -0.2) is 0 Å². The Labute approximate surface area is 155 Å². The van der Waals surface area contributed by atoms with Gasteiger partial charge in [0.1, 0.15) is 6.61 Å². The fraction of sp³-hybridized carbons (Fsp3) is 0.318. The molecule has 4 nitrogen and oxygen atoms in total. The van der Waals surface area contributed by atoms with Crippen molar-refractivity contribution >= 4 is 11.9 Å². The molecule has 0 radical (unpaired) electrons. The molecule has 0 amide bonds. The fourth-order valence-electron chi connectivity index (χ4n) is 2.97.